The number of rotatable bonds is 7. The van der Waals surface area contributed by atoms with Crippen molar-refractivity contribution in [3.63, 3.8) is 0 Å². The van der Waals surface area contributed by atoms with Gasteiger partial charge in [-0.2, -0.15) is 4.31 Å². The molecule has 2 aliphatic rings. The molecule has 7 heteroatoms. The van der Waals surface area contributed by atoms with E-state index in [2.05, 4.69) is 5.32 Å². The molecule has 27 heavy (non-hydrogen) atoms. The van der Waals surface area contributed by atoms with Crippen LogP contribution in [0.1, 0.15) is 51.4 Å². The Morgan fingerprint density at radius 2 is 1.63 bits per heavy atom. The lowest BCUT2D eigenvalue weighted by Gasteiger charge is -2.25. The molecule has 2 fully saturated rings. The third kappa shape index (κ3) is 5.45. The molecular weight excluding hydrogens is 364 g/mol. The van der Waals surface area contributed by atoms with E-state index >= 15 is 0 Å². The van der Waals surface area contributed by atoms with Gasteiger partial charge in [0.05, 0.1) is 11.4 Å². The molecule has 0 bridgehead atoms. The zero-order valence-corrected chi connectivity index (χ0v) is 16.7. The van der Waals surface area contributed by atoms with E-state index in [1.54, 1.807) is 28.6 Å². The zero-order chi connectivity index (χ0) is 19.1. The fourth-order valence-electron chi connectivity index (χ4n) is 3.81. The quantitative estimate of drug-likeness (QED) is 0.722. The molecule has 1 aromatic rings. The van der Waals surface area contributed by atoms with Crippen LogP contribution >= 0.6 is 0 Å². The van der Waals surface area contributed by atoms with Crippen molar-refractivity contribution in [1.29, 1.82) is 0 Å². The molecular formula is C20H30N2O4S. The highest BCUT2D eigenvalue weighted by atomic mass is 32.2. The van der Waals surface area contributed by atoms with Crippen LogP contribution < -0.4 is 10.1 Å². The summed E-state index contributed by atoms with van der Waals surface area (Å²) in [5, 5.41) is 2.93. The molecule has 1 N–H and O–H groups in total. The Hall–Kier alpha value is -1.60. The molecule has 6 nitrogen and oxygen atoms in total. The van der Waals surface area contributed by atoms with Crippen LogP contribution in [0.15, 0.2) is 29.2 Å². The predicted octanol–water partition coefficient (Wildman–Crippen LogP) is 2.94. The lowest BCUT2D eigenvalue weighted by atomic mass is 9.89. The molecule has 0 aromatic heterocycles. The number of nitrogens with zero attached hydrogens (tertiary/aromatic N) is 1. The molecule has 0 unspecified atom stereocenters. The Morgan fingerprint density at radius 3 is 2.30 bits per heavy atom. The maximum atomic E-state index is 12.6. The molecule has 1 saturated heterocycles. The average Bonchev–Trinajstić information content (AvgIpc) is 2.72. The minimum atomic E-state index is -3.41. The number of benzene rings is 1. The molecule has 1 heterocycles. The predicted molar refractivity (Wildman–Crippen MR) is 104 cm³/mol. The zero-order valence-electron chi connectivity index (χ0n) is 15.9. The van der Waals surface area contributed by atoms with E-state index in [9.17, 15) is 13.2 Å². The van der Waals surface area contributed by atoms with Crippen LogP contribution in [0.2, 0.25) is 0 Å². The highest BCUT2D eigenvalue weighted by Crippen LogP contribution is 2.24. The smallest absolute Gasteiger partial charge is 0.243 e. The highest BCUT2D eigenvalue weighted by molar-refractivity contribution is 7.89. The van der Waals surface area contributed by atoms with Crippen molar-refractivity contribution in [2.45, 2.75) is 56.3 Å². The first kappa shape index (κ1) is 20.1. The standard InChI is InChI=1S/C20H30N2O4S/c23-20(17-7-3-1-4-8-17)21-13-16-26-18-9-11-19(12-10-18)27(24,25)22-14-5-2-6-15-22/h9-12,17H,1-8,13-16H2,(H,21,23). The molecule has 3 rings (SSSR count). The van der Waals surface area contributed by atoms with Gasteiger partial charge in [-0.15, -0.1) is 0 Å². The van der Waals surface area contributed by atoms with Crippen LogP contribution in [0, 0.1) is 5.92 Å². The van der Waals surface area contributed by atoms with E-state index in [1.807, 2.05) is 0 Å². The maximum Gasteiger partial charge on any atom is 0.243 e. The summed E-state index contributed by atoms with van der Waals surface area (Å²) in [6, 6.07) is 6.55. The molecule has 1 aliphatic heterocycles. The van der Waals surface area contributed by atoms with Gasteiger partial charge in [0, 0.05) is 19.0 Å². The Labute approximate surface area is 162 Å². The summed E-state index contributed by atoms with van der Waals surface area (Å²) in [5.74, 6) is 0.888. The van der Waals surface area contributed by atoms with E-state index in [0.717, 1.165) is 44.9 Å². The normalized spacial score (nSPS) is 19.6. The SMILES string of the molecule is O=C(NCCOc1ccc(S(=O)(=O)N2CCCCC2)cc1)C1CCCCC1. The minimum Gasteiger partial charge on any atom is -0.492 e. The largest absolute Gasteiger partial charge is 0.492 e. The second-order valence-electron chi connectivity index (χ2n) is 7.41. The summed E-state index contributed by atoms with van der Waals surface area (Å²) in [6.45, 7) is 2.03. The number of ether oxygens (including phenoxy) is 1. The van der Waals surface area contributed by atoms with Crippen LogP contribution in [-0.4, -0.2) is 44.9 Å². The number of piperidine rings is 1. The Kier molecular flexibility index (Phi) is 7.13. The summed E-state index contributed by atoms with van der Waals surface area (Å²) < 4.78 is 32.4. The molecule has 1 aliphatic carbocycles. The van der Waals surface area contributed by atoms with Crippen molar-refractivity contribution in [3.8, 4) is 5.75 Å². The third-order valence-electron chi connectivity index (χ3n) is 5.42. The number of carbonyl (C=O) groups is 1. The molecule has 0 radical (unpaired) electrons. The van der Waals surface area contributed by atoms with Gasteiger partial charge in [0.1, 0.15) is 12.4 Å². The van der Waals surface area contributed by atoms with Crippen LogP contribution in [0.5, 0.6) is 5.75 Å². The van der Waals surface area contributed by atoms with Gasteiger partial charge in [-0.05, 0) is 49.9 Å². The molecule has 150 valence electrons. The summed E-state index contributed by atoms with van der Waals surface area (Å²) in [7, 11) is -3.41. The van der Waals surface area contributed by atoms with Crippen molar-refractivity contribution in [3.05, 3.63) is 24.3 Å². The topological polar surface area (TPSA) is 75.7 Å². The Bertz CT molecular complexity index is 706. The van der Waals surface area contributed by atoms with Crippen LogP contribution in [0.4, 0.5) is 0 Å². The number of amides is 1. The van der Waals surface area contributed by atoms with E-state index in [-0.39, 0.29) is 11.8 Å². The number of nitrogens with one attached hydrogen (secondary N) is 1. The minimum absolute atomic E-state index is 0.126. The van der Waals surface area contributed by atoms with Crippen molar-refractivity contribution in [2.24, 2.45) is 5.92 Å². The fraction of sp³-hybridized carbons (Fsp3) is 0.650. The van der Waals surface area contributed by atoms with E-state index < -0.39 is 10.0 Å². The summed E-state index contributed by atoms with van der Waals surface area (Å²) in [6.07, 6.45) is 8.42. The number of carbonyl (C=O) groups excluding carboxylic acids is 1. The van der Waals surface area contributed by atoms with Gasteiger partial charge in [0.15, 0.2) is 0 Å². The number of sulfonamides is 1. The Morgan fingerprint density at radius 1 is 1.00 bits per heavy atom. The van der Waals surface area contributed by atoms with Gasteiger partial charge in [-0.25, -0.2) is 8.42 Å². The molecule has 1 aromatic carbocycles. The van der Waals surface area contributed by atoms with Gasteiger partial charge in [0.2, 0.25) is 15.9 Å². The summed E-state index contributed by atoms with van der Waals surface area (Å²) in [5.41, 5.74) is 0. The van der Waals surface area contributed by atoms with E-state index in [0.29, 0.717) is 36.9 Å². The van der Waals surface area contributed by atoms with Crippen molar-refractivity contribution in [2.75, 3.05) is 26.2 Å². The molecule has 0 spiro atoms. The van der Waals surface area contributed by atoms with E-state index in [4.69, 9.17) is 4.74 Å². The van der Waals surface area contributed by atoms with Crippen LogP contribution in [0.3, 0.4) is 0 Å². The fourth-order valence-corrected chi connectivity index (χ4v) is 5.33. The highest BCUT2D eigenvalue weighted by Gasteiger charge is 2.25. The van der Waals surface area contributed by atoms with Gasteiger partial charge >= 0.3 is 0 Å². The first-order valence-electron chi connectivity index (χ1n) is 10.1. The number of hydrogen-bond donors (Lipinski definition) is 1. The number of hydrogen-bond acceptors (Lipinski definition) is 4. The second-order valence-corrected chi connectivity index (χ2v) is 9.35. The molecule has 1 saturated carbocycles. The lowest BCUT2D eigenvalue weighted by molar-refractivity contribution is -0.126. The van der Waals surface area contributed by atoms with Gasteiger partial charge in [-0.3, -0.25) is 4.79 Å². The summed E-state index contributed by atoms with van der Waals surface area (Å²) >= 11 is 0. The first-order valence-corrected chi connectivity index (χ1v) is 11.5. The maximum absolute atomic E-state index is 12.6. The summed E-state index contributed by atoms with van der Waals surface area (Å²) in [4.78, 5) is 12.4. The van der Waals surface area contributed by atoms with Crippen molar-refractivity contribution < 1.29 is 17.9 Å². The Balaban J connectivity index is 1.44. The molecule has 1 amide bonds. The van der Waals surface area contributed by atoms with Gasteiger partial charge < -0.3 is 10.1 Å². The van der Waals surface area contributed by atoms with E-state index in [1.165, 1.54) is 6.42 Å². The average molecular weight is 395 g/mol. The van der Waals surface area contributed by atoms with Crippen LogP contribution in [-0.2, 0) is 14.8 Å². The third-order valence-corrected chi connectivity index (χ3v) is 7.34. The monoisotopic (exact) mass is 394 g/mol. The molecule has 0 atom stereocenters. The van der Waals surface area contributed by atoms with Gasteiger partial charge in [-0.1, -0.05) is 25.7 Å². The lowest BCUT2D eigenvalue weighted by Crippen LogP contribution is -2.35. The van der Waals surface area contributed by atoms with Crippen molar-refractivity contribution in [1.82, 2.24) is 9.62 Å². The van der Waals surface area contributed by atoms with Gasteiger partial charge in [0.25, 0.3) is 0 Å². The second kappa shape index (κ2) is 9.55. The first-order chi connectivity index (χ1) is 13.1. The van der Waals surface area contributed by atoms with Crippen LogP contribution in [0.25, 0.3) is 0 Å². The van der Waals surface area contributed by atoms with Crippen molar-refractivity contribution >= 4 is 15.9 Å².